The van der Waals surface area contributed by atoms with E-state index >= 15 is 0 Å². The number of hydrogen-bond donors (Lipinski definition) is 1. The number of hydrogen-bond acceptors (Lipinski definition) is 7. The molecule has 0 saturated heterocycles. The molecule has 0 radical (unpaired) electrons. The Morgan fingerprint density at radius 2 is 1.84 bits per heavy atom. The fourth-order valence-corrected chi connectivity index (χ4v) is 5.89. The largest absolute Gasteiger partial charge is 0.287 e. The van der Waals surface area contributed by atoms with Gasteiger partial charge in [-0.2, -0.15) is 5.10 Å². The van der Waals surface area contributed by atoms with E-state index in [1.807, 2.05) is 17.5 Å². The van der Waals surface area contributed by atoms with E-state index in [0.717, 1.165) is 16.9 Å². The van der Waals surface area contributed by atoms with Gasteiger partial charge in [0.1, 0.15) is 4.21 Å². The monoisotopic (exact) mass is 466 g/mol. The molecule has 0 aliphatic carbocycles. The maximum absolute atomic E-state index is 12.8. The van der Waals surface area contributed by atoms with Gasteiger partial charge in [0.15, 0.2) is 5.65 Å². The van der Waals surface area contributed by atoms with E-state index in [9.17, 15) is 13.2 Å². The zero-order chi connectivity index (χ0) is 21.4. The number of thiophene rings is 2. The third kappa shape index (κ3) is 3.65. The molecule has 4 aromatic heterocycles. The van der Waals surface area contributed by atoms with Crippen LogP contribution in [0.5, 0.6) is 0 Å². The number of carbonyl (C=O) groups is 1. The van der Waals surface area contributed by atoms with Crippen LogP contribution in [-0.4, -0.2) is 28.8 Å². The highest BCUT2D eigenvalue weighted by Gasteiger charge is 2.19. The topological polar surface area (TPSA) is 93.4 Å². The maximum Gasteiger partial charge on any atom is 0.271 e. The number of carbonyl (C=O) groups excluding carboxylic acids is 1. The predicted molar refractivity (Wildman–Crippen MR) is 121 cm³/mol. The van der Waals surface area contributed by atoms with Gasteiger partial charge in [0.25, 0.3) is 10.0 Å². The highest BCUT2D eigenvalue weighted by atomic mass is 32.2. The lowest BCUT2D eigenvalue weighted by atomic mass is 10.1. The molecule has 5 rings (SSSR count). The third-order valence-electron chi connectivity index (χ3n) is 4.56. The van der Waals surface area contributed by atoms with Crippen molar-refractivity contribution < 1.29 is 13.2 Å². The first-order valence-electron chi connectivity index (χ1n) is 9.11. The third-order valence-corrected chi connectivity index (χ3v) is 8.21. The maximum atomic E-state index is 12.8. The van der Waals surface area contributed by atoms with Gasteiger partial charge in [-0.1, -0.05) is 24.3 Å². The quantitative estimate of drug-likeness (QED) is 0.371. The van der Waals surface area contributed by atoms with Crippen LogP contribution in [0.3, 0.4) is 0 Å². The SMILES string of the molecule is O=C(c1cccs1)c1cnn2c(-c3cccc(NS(=O)(=O)c4cccs4)c3)ccnc12. The molecule has 7 nitrogen and oxygen atoms in total. The molecule has 1 aromatic carbocycles. The van der Waals surface area contributed by atoms with Gasteiger partial charge in [0.2, 0.25) is 5.78 Å². The minimum Gasteiger partial charge on any atom is -0.287 e. The van der Waals surface area contributed by atoms with Gasteiger partial charge < -0.3 is 0 Å². The molecule has 0 atom stereocenters. The molecular formula is C21H14N4O3S3. The first kappa shape index (κ1) is 19.6. The second-order valence-corrected chi connectivity index (χ2v) is 10.4. The van der Waals surface area contributed by atoms with Gasteiger partial charge in [-0.25, -0.2) is 17.9 Å². The molecule has 5 aromatic rings. The van der Waals surface area contributed by atoms with Crippen LogP contribution in [0.15, 0.2) is 82.0 Å². The van der Waals surface area contributed by atoms with E-state index in [1.54, 1.807) is 58.6 Å². The van der Waals surface area contributed by atoms with E-state index in [4.69, 9.17) is 0 Å². The van der Waals surface area contributed by atoms with Crippen LogP contribution in [0.4, 0.5) is 5.69 Å². The smallest absolute Gasteiger partial charge is 0.271 e. The standard InChI is InChI=1S/C21H14N4O3S3/c26-20(18-6-2-10-29-18)16-13-23-25-17(8-9-22-21(16)25)14-4-1-5-15(12-14)24-31(27,28)19-7-3-11-30-19/h1-13,24H. The highest BCUT2D eigenvalue weighted by Crippen LogP contribution is 2.27. The number of rotatable bonds is 6. The van der Waals surface area contributed by atoms with Crippen molar-refractivity contribution in [2.24, 2.45) is 0 Å². The van der Waals surface area contributed by atoms with Crippen molar-refractivity contribution >= 4 is 49.8 Å². The molecule has 0 aliphatic heterocycles. The average Bonchev–Trinajstić information content (AvgIpc) is 3.54. The summed E-state index contributed by atoms with van der Waals surface area (Å²) in [5.41, 5.74) is 2.71. The number of nitrogens with zero attached hydrogens (tertiary/aromatic N) is 3. The molecule has 0 unspecified atom stereocenters. The Morgan fingerprint density at radius 1 is 1.00 bits per heavy atom. The molecule has 31 heavy (non-hydrogen) atoms. The van der Waals surface area contributed by atoms with Crippen molar-refractivity contribution in [1.82, 2.24) is 14.6 Å². The summed E-state index contributed by atoms with van der Waals surface area (Å²) in [5, 5.41) is 7.93. The van der Waals surface area contributed by atoms with Gasteiger partial charge in [0.05, 0.1) is 22.3 Å². The summed E-state index contributed by atoms with van der Waals surface area (Å²) in [7, 11) is -3.65. The molecule has 154 valence electrons. The molecule has 4 heterocycles. The number of aromatic nitrogens is 3. The summed E-state index contributed by atoms with van der Waals surface area (Å²) in [5.74, 6) is -0.132. The first-order chi connectivity index (χ1) is 15.0. The number of ketones is 1. The van der Waals surface area contributed by atoms with Gasteiger partial charge >= 0.3 is 0 Å². The molecule has 10 heteroatoms. The Hall–Kier alpha value is -3.34. The molecule has 0 spiro atoms. The average molecular weight is 467 g/mol. The Bertz CT molecular complexity index is 1490. The van der Waals surface area contributed by atoms with Crippen LogP contribution in [0.2, 0.25) is 0 Å². The zero-order valence-corrected chi connectivity index (χ0v) is 18.2. The second kappa shape index (κ2) is 7.73. The van der Waals surface area contributed by atoms with E-state index in [0.29, 0.717) is 27.5 Å². The Labute approximate surface area is 185 Å². The van der Waals surface area contributed by atoms with Crippen molar-refractivity contribution in [3.05, 3.63) is 88.2 Å². The normalized spacial score (nSPS) is 11.6. The number of benzene rings is 1. The molecule has 0 aliphatic rings. The predicted octanol–water partition coefficient (Wildman–Crippen LogP) is 4.55. The Kier molecular flexibility index (Phi) is 4.89. The van der Waals surface area contributed by atoms with E-state index in [1.165, 1.54) is 17.5 Å². The second-order valence-electron chi connectivity index (χ2n) is 6.55. The highest BCUT2D eigenvalue weighted by molar-refractivity contribution is 7.94. The first-order valence-corrected chi connectivity index (χ1v) is 12.3. The number of nitrogens with one attached hydrogen (secondary N) is 1. The van der Waals surface area contributed by atoms with Gasteiger partial charge in [-0.05, 0) is 41.1 Å². The van der Waals surface area contributed by atoms with Crippen molar-refractivity contribution in [3.63, 3.8) is 0 Å². The summed E-state index contributed by atoms with van der Waals surface area (Å²) in [6.45, 7) is 0. The Morgan fingerprint density at radius 3 is 2.61 bits per heavy atom. The lowest BCUT2D eigenvalue weighted by Crippen LogP contribution is -2.11. The minimum absolute atomic E-state index is 0.132. The molecular weight excluding hydrogens is 452 g/mol. The molecule has 0 bridgehead atoms. The minimum atomic E-state index is -3.65. The Balaban J connectivity index is 1.53. The van der Waals surface area contributed by atoms with Crippen LogP contribution in [-0.2, 0) is 10.0 Å². The van der Waals surface area contributed by atoms with Crippen LogP contribution < -0.4 is 4.72 Å². The van der Waals surface area contributed by atoms with Gasteiger partial charge in [0, 0.05) is 17.4 Å². The van der Waals surface area contributed by atoms with Crippen LogP contribution in [0, 0.1) is 0 Å². The van der Waals surface area contributed by atoms with Crippen molar-refractivity contribution in [2.45, 2.75) is 4.21 Å². The lowest BCUT2D eigenvalue weighted by Gasteiger charge is -2.09. The van der Waals surface area contributed by atoms with E-state index in [2.05, 4.69) is 14.8 Å². The summed E-state index contributed by atoms with van der Waals surface area (Å²) >= 11 is 2.52. The summed E-state index contributed by atoms with van der Waals surface area (Å²) < 4.78 is 29.5. The van der Waals surface area contributed by atoms with E-state index in [-0.39, 0.29) is 9.99 Å². The summed E-state index contributed by atoms with van der Waals surface area (Å²) in [6.07, 6.45) is 3.12. The van der Waals surface area contributed by atoms with Gasteiger partial charge in [-0.3, -0.25) is 9.52 Å². The van der Waals surface area contributed by atoms with Crippen LogP contribution in [0.25, 0.3) is 16.9 Å². The number of anilines is 1. The van der Waals surface area contributed by atoms with Gasteiger partial charge in [-0.15, -0.1) is 22.7 Å². The number of fused-ring (bicyclic) bond motifs is 1. The van der Waals surface area contributed by atoms with Crippen molar-refractivity contribution in [2.75, 3.05) is 4.72 Å². The lowest BCUT2D eigenvalue weighted by molar-refractivity contribution is 0.104. The molecule has 0 fully saturated rings. The fraction of sp³-hybridized carbons (Fsp3) is 0. The summed E-state index contributed by atoms with van der Waals surface area (Å²) in [4.78, 5) is 17.8. The molecule has 0 amide bonds. The van der Waals surface area contributed by atoms with Crippen LogP contribution >= 0.6 is 22.7 Å². The molecule has 0 saturated carbocycles. The summed E-state index contributed by atoms with van der Waals surface area (Å²) in [6, 6.07) is 15.6. The van der Waals surface area contributed by atoms with Crippen molar-refractivity contribution in [1.29, 1.82) is 0 Å². The van der Waals surface area contributed by atoms with Crippen LogP contribution in [0.1, 0.15) is 15.2 Å². The fourth-order valence-electron chi connectivity index (χ4n) is 3.17. The zero-order valence-electron chi connectivity index (χ0n) is 15.8. The van der Waals surface area contributed by atoms with E-state index < -0.39 is 10.0 Å². The van der Waals surface area contributed by atoms with Crippen molar-refractivity contribution in [3.8, 4) is 11.3 Å². The molecule has 1 N–H and O–H groups in total. The number of sulfonamides is 1.